The number of nitrogens with zero attached hydrogens (tertiary/aromatic N) is 2. The van der Waals surface area contributed by atoms with Gasteiger partial charge in [0, 0.05) is 17.2 Å². The van der Waals surface area contributed by atoms with Crippen molar-refractivity contribution in [1.82, 2.24) is 9.97 Å². The van der Waals surface area contributed by atoms with Crippen molar-refractivity contribution in [2.45, 2.75) is 19.3 Å². The average Bonchev–Trinajstić information content (AvgIpc) is 2.94. The van der Waals surface area contributed by atoms with Gasteiger partial charge in [0.05, 0.1) is 5.69 Å². The molecule has 1 aliphatic carbocycles. The summed E-state index contributed by atoms with van der Waals surface area (Å²) in [6.07, 6.45) is 3.63. The van der Waals surface area contributed by atoms with Crippen LogP contribution in [0.5, 0.6) is 0 Å². The van der Waals surface area contributed by atoms with Crippen molar-refractivity contribution in [3.05, 3.63) is 84.4 Å². The van der Waals surface area contributed by atoms with Gasteiger partial charge in [-0.3, -0.25) is 0 Å². The highest BCUT2D eigenvalue weighted by Crippen LogP contribution is 2.50. The minimum absolute atomic E-state index is 0.117. The molecule has 0 fully saturated rings. The molecule has 5 aromatic rings. The van der Waals surface area contributed by atoms with E-state index in [9.17, 15) is 0 Å². The molecule has 2 heteroatoms. The fourth-order valence-electron chi connectivity index (χ4n) is 4.84. The lowest BCUT2D eigenvalue weighted by Gasteiger charge is -2.21. The van der Waals surface area contributed by atoms with Crippen molar-refractivity contribution >= 4 is 32.3 Å². The third-order valence-electron chi connectivity index (χ3n) is 6.15. The van der Waals surface area contributed by atoms with Gasteiger partial charge >= 0.3 is 0 Å². The van der Waals surface area contributed by atoms with E-state index in [1.165, 1.54) is 43.4 Å². The van der Waals surface area contributed by atoms with Gasteiger partial charge < -0.3 is 0 Å². The number of fused-ring (bicyclic) bond motifs is 9. The van der Waals surface area contributed by atoms with E-state index in [0.29, 0.717) is 0 Å². The second-order valence-corrected chi connectivity index (χ2v) is 7.94. The van der Waals surface area contributed by atoms with Crippen LogP contribution in [0.4, 0.5) is 0 Å². The fraction of sp³-hybridized carbons (Fsp3) is 0.120. The van der Waals surface area contributed by atoms with Gasteiger partial charge in [-0.1, -0.05) is 62.4 Å². The molecule has 0 amide bonds. The molecule has 0 radical (unpaired) electrons. The maximum Gasteiger partial charge on any atom is 0.115 e. The number of rotatable bonds is 0. The van der Waals surface area contributed by atoms with Crippen LogP contribution < -0.4 is 0 Å². The molecule has 6 rings (SSSR count). The standard InChI is InChI=1S/C25H18N2/c1-25(2)23-12-20-18-10-6-4-8-16(18)15-7-3-5-9-17(15)19(20)11-21(23)22-13-26-14-27-24(22)25/h3-14H,1-2H3. The summed E-state index contributed by atoms with van der Waals surface area (Å²) in [4.78, 5) is 8.93. The van der Waals surface area contributed by atoms with Crippen LogP contribution in [0.1, 0.15) is 25.1 Å². The third-order valence-corrected chi connectivity index (χ3v) is 6.15. The largest absolute Gasteiger partial charge is 0.244 e. The van der Waals surface area contributed by atoms with Gasteiger partial charge in [-0.05, 0) is 55.6 Å². The minimum atomic E-state index is -0.117. The molecule has 0 N–H and O–H groups in total. The lowest BCUT2D eigenvalue weighted by Crippen LogP contribution is -2.16. The molecule has 0 saturated carbocycles. The predicted molar refractivity (Wildman–Crippen MR) is 112 cm³/mol. The Labute approximate surface area is 157 Å². The number of hydrogen-bond acceptors (Lipinski definition) is 2. The van der Waals surface area contributed by atoms with Crippen molar-refractivity contribution in [2.24, 2.45) is 0 Å². The van der Waals surface area contributed by atoms with Crippen molar-refractivity contribution in [1.29, 1.82) is 0 Å². The normalized spacial score (nSPS) is 14.6. The van der Waals surface area contributed by atoms with Gasteiger partial charge in [0.25, 0.3) is 0 Å². The number of aromatic nitrogens is 2. The molecule has 0 atom stereocenters. The fourth-order valence-corrected chi connectivity index (χ4v) is 4.84. The summed E-state index contributed by atoms with van der Waals surface area (Å²) in [7, 11) is 0. The van der Waals surface area contributed by atoms with Crippen molar-refractivity contribution in [3.63, 3.8) is 0 Å². The number of benzene rings is 4. The first-order valence-corrected chi connectivity index (χ1v) is 9.35. The molecule has 0 aliphatic heterocycles. The van der Waals surface area contributed by atoms with Crippen LogP contribution in [0.3, 0.4) is 0 Å². The first-order valence-electron chi connectivity index (χ1n) is 9.35. The van der Waals surface area contributed by atoms with Crippen LogP contribution in [0.25, 0.3) is 43.4 Å². The summed E-state index contributed by atoms with van der Waals surface area (Å²) >= 11 is 0. The second-order valence-electron chi connectivity index (χ2n) is 7.94. The molecule has 0 saturated heterocycles. The Morgan fingerprint density at radius 1 is 0.667 bits per heavy atom. The highest BCUT2D eigenvalue weighted by Gasteiger charge is 2.37. The SMILES string of the molecule is CC1(C)c2cc3c4ccccc4c4ccccc4c3cc2-c2cncnc21. The molecule has 0 bridgehead atoms. The van der Waals surface area contributed by atoms with E-state index < -0.39 is 0 Å². The first-order chi connectivity index (χ1) is 13.2. The maximum atomic E-state index is 4.63. The molecule has 0 unspecified atom stereocenters. The molecule has 0 spiro atoms. The Morgan fingerprint density at radius 3 is 1.85 bits per heavy atom. The molecule has 4 aromatic carbocycles. The van der Waals surface area contributed by atoms with Crippen molar-refractivity contribution in [3.8, 4) is 11.1 Å². The van der Waals surface area contributed by atoms with Crippen LogP contribution in [0, 0.1) is 0 Å². The topological polar surface area (TPSA) is 25.8 Å². The minimum Gasteiger partial charge on any atom is -0.244 e. The van der Waals surface area contributed by atoms with E-state index in [1.54, 1.807) is 6.33 Å². The Morgan fingerprint density at radius 2 is 1.22 bits per heavy atom. The third kappa shape index (κ3) is 1.80. The summed E-state index contributed by atoms with van der Waals surface area (Å²) in [6, 6.07) is 22.2. The monoisotopic (exact) mass is 346 g/mol. The van der Waals surface area contributed by atoms with E-state index >= 15 is 0 Å². The summed E-state index contributed by atoms with van der Waals surface area (Å²) in [5.74, 6) is 0. The Kier molecular flexibility index (Phi) is 2.71. The average molecular weight is 346 g/mol. The van der Waals surface area contributed by atoms with Crippen molar-refractivity contribution < 1.29 is 0 Å². The van der Waals surface area contributed by atoms with Crippen LogP contribution in [-0.2, 0) is 5.41 Å². The predicted octanol–water partition coefficient (Wildman–Crippen LogP) is 6.24. The van der Waals surface area contributed by atoms with Gasteiger partial charge in [0.2, 0.25) is 0 Å². The second kappa shape index (κ2) is 4.92. The summed E-state index contributed by atoms with van der Waals surface area (Å²) in [5, 5.41) is 7.85. The summed E-state index contributed by atoms with van der Waals surface area (Å²) in [6.45, 7) is 4.53. The Hall–Kier alpha value is -3.26. The Bertz CT molecular complexity index is 1400. The number of hydrogen-bond donors (Lipinski definition) is 0. The van der Waals surface area contributed by atoms with Gasteiger partial charge in [0.15, 0.2) is 0 Å². The van der Waals surface area contributed by atoms with Gasteiger partial charge in [-0.25, -0.2) is 9.97 Å². The molecule has 2 nitrogen and oxygen atoms in total. The van der Waals surface area contributed by atoms with Crippen molar-refractivity contribution in [2.75, 3.05) is 0 Å². The molecular formula is C25H18N2. The summed E-state index contributed by atoms with van der Waals surface area (Å²) in [5.41, 5.74) is 4.77. The molecule has 27 heavy (non-hydrogen) atoms. The van der Waals surface area contributed by atoms with E-state index in [2.05, 4.69) is 84.5 Å². The summed E-state index contributed by atoms with van der Waals surface area (Å²) < 4.78 is 0. The Balaban J connectivity index is 1.88. The zero-order valence-corrected chi connectivity index (χ0v) is 15.3. The quantitative estimate of drug-likeness (QED) is 0.310. The van der Waals surface area contributed by atoms with Crippen LogP contribution in [-0.4, -0.2) is 9.97 Å². The van der Waals surface area contributed by atoms with Gasteiger partial charge in [-0.15, -0.1) is 0 Å². The molecular weight excluding hydrogens is 328 g/mol. The molecule has 1 aromatic heterocycles. The van der Waals surface area contributed by atoms with Gasteiger partial charge in [0.1, 0.15) is 6.33 Å². The highest BCUT2D eigenvalue weighted by molar-refractivity contribution is 6.26. The van der Waals surface area contributed by atoms with E-state index in [4.69, 9.17) is 0 Å². The van der Waals surface area contributed by atoms with Crippen LogP contribution in [0.2, 0.25) is 0 Å². The lowest BCUT2D eigenvalue weighted by atomic mass is 9.83. The molecule has 1 heterocycles. The van der Waals surface area contributed by atoms with E-state index in [-0.39, 0.29) is 5.41 Å². The smallest absolute Gasteiger partial charge is 0.115 e. The lowest BCUT2D eigenvalue weighted by molar-refractivity contribution is 0.635. The van der Waals surface area contributed by atoms with E-state index in [0.717, 1.165) is 11.3 Å². The zero-order valence-electron chi connectivity index (χ0n) is 15.3. The van der Waals surface area contributed by atoms with E-state index in [1.807, 2.05) is 6.20 Å². The molecule has 1 aliphatic rings. The van der Waals surface area contributed by atoms with Crippen LogP contribution >= 0.6 is 0 Å². The maximum absolute atomic E-state index is 4.63. The van der Waals surface area contributed by atoms with Gasteiger partial charge in [-0.2, -0.15) is 0 Å². The molecule has 128 valence electrons. The highest BCUT2D eigenvalue weighted by atomic mass is 14.8. The van der Waals surface area contributed by atoms with Crippen LogP contribution in [0.15, 0.2) is 73.2 Å². The first kappa shape index (κ1) is 14.9. The zero-order chi connectivity index (χ0) is 18.2.